The number of rotatable bonds is 2. The van der Waals surface area contributed by atoms with Gasteiger partial charge in [-0.25, -0.2) is 4.39 Å². The SMILES string of the molecule is CC(=O)c1ccc(F)c(Cl)c1[N+](=O)[O-]. The number of Topliss-reactive ketones (excluding diaryl/α,β-unsaturated/α-hetero) is 1. The molecular formula is C8H5ClFNO3. The summed E-state index contributed by atoms with van der Waals surface area (Å²) in [5.74, 6) is -1.44. The van der Waals surface area contributed by atoms with Gasteiger partial charge in [-0.3, -0.25) is 14.9 Å². The summed E-state index contributed by atoms with van der Waals surface area (Å²) in [6.45, 7) is 1.15. The Morgan fingerprint density at radius 2 is 2.14 bits per heavy atom. The lowest BCUT2D eigenvalue weighted by molar-refractivity contribution is -0.385. The molecule has 0 saturated carbocycles. The number of nitro benzene ring substituents is 1. The van der Waals surface area contributed by atoms with E-state index in [0.717, 1.165) is 19.1 Å². The third kappa shape index (κ3) is 1.72. The lowest BCUT2D eigenvalue weighted by Gasteiger charge is -2.01. The second-order valence-electron chi connectivity index (χ2n) is 2.57. The Hall–Kier alpha value is -1.49. The summed E-state index contributed by atoms with van der Waals surface area (Å²) in [7, 11) is 0. The van der Waals surface area contributed by atoms with Gasteiger partial charge >= 0.3 is 5.69 Å². The average Bonchev–Trinajstić information content (AvgIpc) is 2.08. The van der Waals surface area contributed by atoms with Gasteiger partial charge in [0.25, 0.3) is 0 Å². The van der Waals surface area contributed by atoms with Crippen molar-refractivity contribution in [3.63, 3.8) is 0 Å². The Kier molecular flexibility index (Phi) is 2.81. The molecule has 0 aliphatic heterocycles. The van der Waals surface area contributed by atoms with E-state index in [1.165, 1.54) is 0 Å². The van der Waals surface area contributed by atoms with E-state index in [-0.39, 0.29) is 5.56 Å². The molecule has 0 heterocycles. The number of hydrogen-bond acceptors (Lipinski definition) is 3. The molecule has 74 valence electrons. The van der Waals surface area contributed by atoms with Crippen LogP contribution in [0, 0.1) is 15.9 Å². The van der Waals surface area contributed by atoms with Gasteiger partial charge in [-0.1, -0.05) is 11.6 Å². The fraction of sp³-hybridized carbons (Fsp3) is 0.125. The molecule has 1 rings (SSSR count). The van der Waals surface area contributed by atoms with Gasteiger partial charge in [0.05, 0.1) is 10.5 Å². The first kappa shape index (κ1) is 10.6. The van der Waals surface area contributed by atoms with Gasteiger partial charge in [-0.15, -0.1) is 0 Å². The minimum atomic E-state index is -0.914. The van der Waals surface area contributed by atoms with Crippen molar-refractivity contribution in [1.29, 1.82) is 0 Å². The predicted molar refractivity (Wildman–Crippen MR) is 48.1 cm³/mol. The maximum atomic E-state index is 12.8. The summed E-state index contributed by atoms with van der Waals surface area (Å²) in [4.78, 5) is 20.6. The van der Waals surface area contributed by atoms with Crippen LogP contribution in [0.15, 0.2) is 12.1 Å². The number of ketones is 1. The third-order valence-electron chi connectivity index (χ3n) is 1.63. The molecule has 0 bridgehead atoms. The molecule has 0 amide bonds. The van der Waals surface area contributed by atoms with Crippen LogP contribution in [-0.2, 0) is 0 Å². The fourth-order valence-electron chi connectivity index (χ4n) is 1.00. The number of nitrogens with zero attached hydrogens (tertiary/aromatic N) is 1. The second kappa shape index (κ2) is 3.71. The smallest absolute Gasteiger partial charge is 0.294 e. The van der Waals surface area contributed by atoms with Gasteiger partial charge in [0.15, 0.2) is 10.8 Å². The van der Waals surface area contributed by atoms with Crippen LogP contribution in [0.25, 0.3) is 0 Å². The minimum absolute atomic E-state index is 0.193. The zero-order chi connectivity index (χ0) is 10.9. The zero-order valence-corrected chi connectivity index (χ0v) is 7.84. The molecule has 0 atom stereocenters. The molecule has 1 aromatic carbocycles. The molecule has 0 radical (unpaired) electrons. The summed E-state index contributed by atoms with van der Waals surface area (Å²) in [5, 5.41) is 9.87. The van der Waals surface area contributed by atoms with Crippen LogP contribution in [0.1, 0.15) is 17.3 Å². The van der Waals surface area contributed by atoms with Crippen molar-refractivity contribution in [2.75, 3.05) is 0 Å². The van der Waals surface area contributed by atoms with Crippen molar-refractivity contribution in [3.8, 4) is 0 Å². The molecule has 0 saturated heterocycles. The molecule has 1 aromatic rings. The highest BCUT2D eigenvalue weighted by Crippen LogP contribution is 2.30. The molecule has 0 unspecified atom stereocenters. The number of benzene rings is 1. The van der Waals surface area contributed by atoms with E-state index in [4.69, 9.17) is 11.6 Å². The quantitative estimate of drug-likeness (QED) is 0.435. The molecule has 6 heteroatoms. The molecular weight excluding hydrogens is 213 g/mol. The van der Waals surface area contributed by atoms with Crippen LogP contribution in [0.5, 0.6) is 0 Å². The Labute approximate surface area is 83.4 Å². The summed E-state index contributed by atoms with van der Waals surface area (Å²) in [6.07, 6.45) is 0. The van der Waals surface area contributed by atoms with Crippen molar-refractivity contribution < 1.29 is 14.1 Å². The van der Waals surface area contributed by atoms with Crippen molar-refractivity contribution in [1.82, 2.24) is 0 Å². The van der Waals surface area contributed by atoms with Crippen LogP contribution >= 0.6 is 11.6 Å². The van der Waals surface area contributed by atoms with E-state index in [1.54, 1.807) is 0 Å². The highest BCUT2D eigenvalue weighted by atomic mass is 35.5. The number of halogens is 2. The number of nitro groups is 1. The number of carbonyl (C=O) groups is 1. The molecule has 0 aliphatic rings. The van der Waals surface area contributed by atoms with Crippen LogP contribution in [0.4, 0.5) is 10.1 Å². The minimum Gasteiger partial charge on any atom is -0.294 e. The van der Waals surface area contributed by atoms with Crippen LogP contribution in [0.2, 0.25) is 5.02 Å². The molecule has 4 nitrogen and oxygen atoms in total. The van der Waals surface area contributed by atoms with Crippen LogP contribution in [0.3, 0.4) is 0 Å². The lowest BCUT2D eigenvalue weighted by atomic mass is 10.1. The largest absolute Gasteiger partial charge is 0.301 e. The van der Waals surface area contributed by atoms with Crippen LogP contribution < -0.4 is 0 Å². The first-order valence-corrected chi connectivity index (χ1v) is 3.96. The summed E-state index contributed by atoms with van der Waals surface area (Å²) < 4.78 is 12.8. The van der Waals surface area contributed by atoms with E-state index >= 15 is 0 Å². The summed E-state index contributed by atoms with van der Waals surface area (Å²) >= 11 is 5.37. The van der Waals surface area contributed by atoms with E-state index in [1.807, 2.05) is 0 Å². The Morgan fingerprint density at radius 1 is 1.57 bits per heavy atom. The topological polar surface area (TPSA) is 60.2 Å². The Balaban J connectivity index is 3.53. The van der Waals surface area contributed by atoms with E-state index in [2.05, 4.69) is 0 Å². The van der Waals surface area contributed by atoms with Crippen molar-refractivity contribution >= 4 is 23.1 Å². The van der Waals surface area contributed by atoms with Gasteiger partial charge in [0.2, 0.25) is 0 Å². The van der Waals surface area contributed by atoms with Crippen LogP contribution in [-0.4, -0.2) is 10.7 Å². The zero-order valence-electron chi connectivity index (χ0n) is 7.08. The lowest BCUT2D eigenvalue weighted by Crippen LogP contribution is -2.01. The predicted octanol–water partition coefficient (Wildman–Crippen LogP) is 2.59. The first-order chi connectivity index (χ1) is 6.45. The monoisotopic (exact) mass is 217 g/mol. The molecule has 0 N–H and O–H groups in total. The van der Waals surface area contributed by atoms with Gasteiger partial charge in [0, 0.05) is 0 Å². The molecule has 0 aliphatic carbocycles. The van der Waals surface area contributed by atoms with Crippen molar-refractivity contribution in [2.24, 2.45) is 0 Å². The standard InChI is InChI=1S/C8H5ClFNO3/c1-4(12)5-2-3-6(10)7(9)8(5)11(13)14/h2-3H,1H3. The second-order valence-corrected chi connectivity index (χ2v) is 2.95. The van der Waals surface area contributed by atoms with E-state index in [9.17, 15) is 19.3 Å². The maximum absolute atomic E-state index is 12.8. The highest BCUT2D eigenvalue weighted by Gasteiger charge is 2.24. The normalized spacial score (nSPS) is 9.93. The highest BCUT2D eigenvalue weighted by molar-refractivity contribution is 6.33. The molecule has 14 heavy (non-hydrogen) atoms. The number of hydrogen-bond donors (Lipinski definition) is 0. The molecule has 0 spiro atoms. The van der Waals surface area contributed by atoms with Crippen molar-refractivity contribution in [3.05, 3.63) is 38.7 Å². The summed E-state index contributed by atoms with van der Waals surface area (Å²) in [6, 6.07) is 1.97. The Morgan fingerprint density at radius 3 is 2.57 bits per heavy atom. The Bertz CT molecular complexity index is 419. The number of carbonyl (C=O) groups excluding carboxylic acids is 1. The van der Waals surface area contributed by atoms with Gasteiger partial charge < -0.3 is 0 Å². The van der Waals surface area contributed by atoms with Gasteiger partial charge in [-0.2, -0.15) is 0 Å². The maximum Gasteiger partial charge on any atom is 0.301 e. The fourth-order valence-corrected chi connectivity index (χ4v) is 1.24. The molecule has 0 fully saturated rings. The summed E-state index contributed by atoms with van der Waals surface area (Å²) in [5.41, 5.74) is -0.874. The average molecular weight is 218 g/mol. The molecule has 0 aromatic heterocycles. The third-order valence-corrected chi connectivity index (χ3v) is 1.99. The van der Waals surface area contributed by atoms with Gasteiger partial charge in [0.1, 0.15) is 5.82 Å². The van der Waals surface area contributed by atoms with E-state index in [0.29, 0.717) is 0 Å². The van der Waals surface area contributed by atoms with Gasteiger partial charge in [-0.05, 0) is 19.1 Å². The van der Waals surface area contributed by atoms with E-state index < -0.39 is 27.2 Å². The first-order valence-electron chi connectivity index (χ1n) is 3.58. The van der Waals surface area contributed by atoms with Crippen molar-refractivity contribution in [2.45, 2.75) is 6.92 Å².